The summed E-state index contributed by atoms with van der Waals surface area (Å²) in [4.78, 5) is 12.2. The molecule has 1 saturated heterocycles. The Labute approximate surface area is 149 Å². The number of amides is 1. The number of aryl methyl sites for hydroxylation is 1. The van der Waals surface area contributed by atoms with Gasteiger partial charge in [-0.15, -0.1) is 0 Å². The van der Waals surface area contributed by atoms with Crippen molar-refractivity contribution in [1.29, 1.82) is 0 Å². The minimum atomic E-state index is -0.0493. The molecule has 1 amide bonds. The molecule has 2 atom stereocenters. The highest BCUT2D eigenvalue weighted by Gasteiger charge is 2.26. The third-order valence-electron chi connectivity index (χ3n) is 4.64. The number of hydrogen-bond acceptors (Lipinski definition) is 3. The first-order valence-corrected chi connectivity index (χ1v) is 8.80. The lowest BCUT2D eigenvalue weighted by Gasteiger charge is -2.31. The number of ether oxygens (including phenoxy) is 2. The summed E-state index contributed by atoms with van der Waals surface area (Å²) in [6.07, 6.45) is 2.06. The second-order valence-electron chi connectivity index (χ2n) is 6.37. The monoisotopic (exact) mass is 339 g/mol. The van der Waals surface area contributed by atoms with Crippen molar-refractivity contribution in [2.24, 2.45) is 0 Å². The first-order chi connectivity index (χ1) is 12.3. The van der Waals surface area contributed by atoms with Crippen LogP contribution in [0, 0.1) is 0 Å². The van der Waals surface area contributed by atoms with E-state index in [-0.39, 0.29) is 18.1 Å². The molecule has 0 spiro atoms. The lowest BCUT2D eigenvalue weighted by molar-refractivity contribution is -0.125. The Morgan fingerprint density at radius 3 is 2.56 bits per heavy atom. The van der Waals surface area contributed by atoms with Crippen LogP contribution in [0.4, 0.5) is 0 Å². The van der Waals surface area contributed by atoms with Gasteiger partial charge in [-0.2, -0.15) is 0 Å². The van der Waals surface area contributed by atoms with E-state index in [1.165, 1.54) is 11.1 Å². The second kappa shape index (κ2) is 8.79. The number of nitrogens with one attached hydrogen (secondary N) is 1. The smallest absolute Gasteiger partial charge is 0.220 e. The summed E-state index contributed by atoms with van der Waals surface area (Å²) < 4.78 is 10.9. The van der Waals surface area contributed by atoms with Crippen LogP contribution in [0.5, 0.6) is 0 Å². The van der Waals surface area contributed by atoms with Crippen LogP contribution < -0.4 is 5.32 Å². The molecule has 25 heavy (non-hydrogen) atoms. The summed E-state index contributed by atoms with van der Waals surface area (Å²) in [5.41, 5.74) is 3.56. The molecule has 0 aromatic heterocycles. The Hall–Kier alpha value is -2.17. The van der Waals surface area contributed by atoms with Crippen LogP contribution in [0.2, 0.25) is 0 Å². The van der Waals surface area contributed by atoms with E-state index in [4.69, 9.17) is 9.47 Å². The van der Waals surface area contributed by atoms with Crippen LogP contribution in [0.3, 0.4) is 0 Å². The van der Waals surface area contributed by atoms with Crippen molar-refractivity contribution in [1.82, 2.24) is 5.32 Å². The van der Waals surface area contributed by atoms with Gasteiger partial charge in [-0.05, 0) is 29.5 Å². The summed E-state index contributed by atoms with van der Waals surface area (Å²) >= 11 is 0. The van der Waals surface area contributed by atoms with E-state index in [0.29, 0.717) is 19.6 Å². The van der Waals surface area contributed by atoms with Gasteiger partial charge in [0.25, 0.3) is 0 Å². The average Bonchev–Trinajstić information content (AvgIpc) is 2.68. The van der Waals surface area contributed by atoms with Crippen molar-refractivity contribution in [3.8, 4) is 11.1 Å². The normalized spacial score (nSPS) is 20.2. The molecule has 1 aliphatic heterocycles. The van der Waals surface area contributed by atoms with E-state index in [1.807, 2.05) is 18.2 Å². The van der Waals surface area contributed by atoms with Crippen molar-refractivity contribution in [3.63, 3.8) is 0 Å². The Balaban J connectivity index is 1.50. The standard InChI is InChI=1S/C21H25NO3/c1-24-20-13-14-25-15-19(20)22-21(23)12-9-16-7-10-18(11-8-16)17-5-3-2-4-6-17/h2-8,10-11,19-20H,9,12-15H2,1H3,(H,22,23). The molecule has 132 valence electrons. The lowest BCUT2D eigenvalue weighted by Crippen LogP contribution is -2.50. The van der Waals surface area contributed by atoms with E-state index in [9.17, 15) is 4.79 Å². The molecule has 4 heteroatoms. The molecule has 3 rings (SSSR count). The first kappa shape index (κ1) is 17.6. The predicted octanol–water partition coefficient (Wildman–Crippen LogP) is 3.21. The highest BCUT2D eigenvalue weighted by Crippen LogP contribution is 2.19. The molecule has 2 aromatic carbocycles. The van der Waals surface area contributed by atoms with E-state index < -0.39 is 0 Å². The Bertz CT molecular complexity index is 669. The largest absolute Gasteiger partial charge is 0.379 e. The highest BCUT2D eigenvalue weighted by molar-refractivity contribution is 5.76. The van der Waals surface area contributed by atoms with Gasteiger partial charge in [0.05, 0.1) is 18.8 Å². The van der Waals surface area contributed by atoms with Gasteiger partial charge in [-0.25, -0.2) is 0 Å². The maximum absolute atomic E-state index is 12.2. The van der Waals surface area contributed by atoms with Gasteiger partial charge in [0.15, 0.2) is 0 Å². The molecular formula is C21H25NO3. The van der Waals surface area contributed by atoms with Crippen LogP contribution in [0.25, 0.3) is 11.1 Å². The molecule has 0 saturated carbocycles. The molecule has 1 fully saturated rings. The highest BCUT2D eigenvalue weighted by atomic mass is 16.5. The zero-order valence-electron chi connectivity index (χ0n) is 14.6. The van der Waals surface area contributed by atoms with Crippen molar-refractivity contribution in [2.45, 2.75) is 31.4 Å². The molecule has 0 aliphatic carbocycles. The van der Waals surface area contributed by atoms with Crippen molar-refractivity contribution in [2.75, 3.05) is 20.3 Å². The Morgan fingerprint density at radius 1 is 1.12 bits per heavy atom. The van der Waals surface area contributed by atoms with Gasteiger partial charge in [-0.1, -0.05) is 54.6 Å². The topological polar surface area (TPSA) is 47.6 Å². The van der Waals surface area contributed by atoms with Crippen LogP contribution in [-0.2, 0) is 20.7 Å². The molecule has 0 radical (unpaired) electrons. The molecule has 1 aliphatic rings. The molecule has 4 nitrogen and oxygen atoms in total. The van der Waals surface area contributed by atoms with Crippen molar-refractivity contribution >= 4 is 5.91 Å². The third kappa shape index (κ3) is 4.91. The second-order valence-corrected chi connectivity index (χ2v) is 6.37. The minimum Gasteiger partial charge on any atom is -0.379 e. The molecule has 2 unspecified atom stereocenters. The lowest BCUT2D eigenvalue weighted by atomic mass is 10.0. The predicted molar refractivity (Wildman–Crippen MR) is 98.4 cm³/mol. The van der Waals surface area contributed by atoms with Crippen molar-refractivity contribution in [3.05, 3.63) is 60.2 Å². The molecule has 0 bridgehead atoms. The van der Waals surface area contributed by atoms with E-state index in [0.717, 1.165) is 18.4 Å². The third-order valence-corrected chi connectivity index (χ3v) is 4.64. The fourth-order valence-corrected chi connectivity index (χ4v) is 3.17. The van der Waals surface area contributed by atoms with Gasteiger partial charge in [-0.3, -0.25) is 4.79 Å². The summed E-state index contributed by atoms with van der Waals surface area (Å²) in [5.74, 6) is 0.0460. The quantitative estimate of drug-likeness (QED) is 0.879. The van der Waals surface area contributed by atoms with E-state index >= 15 is 0 Å². The van der Waals surface area contributed by atoms with Gasteiger partial charge in [0.1, 0.15) is 0 Å². The maximum Gasteiger partial charge on any atom is 0.220 e. The zero-order valence-corrected chi connectivity index (χ0v) is 14.6. The van der Waals surface area contributed by atoms with E-state index in [1.54, 1.807) is 7.11 Å². The molecule has 1 N–H and O–H groups in total. The first-order valence-electron chi connectivity index (χ1n) is 8.80. The number of hydrogen-bond donors (Lipinski definition) is 1. The van der Waals surface area contributed by atoms with Gasteiger partial charge >= 0.3 is 0 Å². The number of methoxy groups -OCH3 is 1. The van der Waals surface area contributed by atoms with Crippen LogP contribution in [-0.4, -0.2) is 38.4 Å². The van der Waals surface area contributed by atoms with E-state index in [2.05, 4.69) is 41.7 Å². The zero-order chi connectivity index (χ0) is 17.5. The van der Waals surface area contributed by atoms with Crippen LogP contribution in [0.1, 0.15) is 18.4 Å². The fraction of sp³-hybridized carbons (Fsp3) is 0.381. The van der Waals surface area contributed by atoms with Gasteiger partial charge in [0, 0.05) is 20.1 Å². The fourth-order valence-electron chi connectivity index (χ4n) is 3.17. The summed E-state index contributed by atoms with van der Waals surface area (Å²) in [6.45, 7) is 1.22. The van der Waals surface area contributed by atoms with Crippen molar-refractivity contribution < 1.29 is 14.3 Å². The average molecular weight is 339 g/mol. The van der Waals surface area contributed by atoms with Gasteiger partial charge in [0.2, 0.25) is 5.91 Å². The number of carbonyl (C=O) groups is 1. The Morgan fingerprint density at radius 2 is 1.84 bits per heavy atom. The number of rotatable bonds is 6. The van der Waals surface area contributed by atoms with Crippen LogP contribution >= 0.6 is 0 Å². The minimum absolute atomic E-state index is 0.0443. The number of carbonyl (C=O) groups excluding carboxylic acids is 1. The summed E-state index contributed by atoms with van der Waals surface area (Å²) in [5, 5.41) is 3.04. The summed E-state index contributed by atoms with van der Waals surface area (Å²) in [6, 6.07) is 18.6. The van der Waals surface area contributed by atoms with Gasteiger partial charge < -0.3 is 14.8 Å². The number of benzene rings is 2. The molecule has 2 aromatic rings. The van der Waals surface area contributed by atoms with Crippen LogP contribution in [0.15, 0.2) is 54.6 Å². The SMILES string of the molecule is COC1CCOCC1NC(=O)CCc1ccc(-c2ccccc2)cc1. The maximum atomic E-state index is 12.2. The Kier molecular flexibility index (Phi) is 6.20. The molecular weight excluding hydrogens is 314 g/mol. The molecule has 1 heterocycles. The summed E-state index contributed by atoms with van der Waals surface area (Å²) in [7, 11) is 1.68.